The maximum atomic E-state index is 12.8. The second-order valence-corrected chi connectivity index (χ2v) is 5.52. The fourth-order valence-electron chi connectivity index (χ4n) is 2.27. The van der Waals surface area contributed by atoms with E-state index in [4.69, 9.17) is 0 Å². The van der Waals surface area contributed by atoms with Gasteiger partial charge >= 0.3 is 6.18 Å². The third-order valence-electron chi connectivity index (χ3n) is 3.58. The van der Waals surface area contributed by atoms with Gasteiger partial charge in [0.2, 0.25) is 11.8 Å². The number of halogens is 4. The van der Waals surface area contributed by atoms with Gasteiger partial charge in [0.05, 0.1) is 5.56 Å². The van der Waals surface area contributed by atoms with Gasteiger partial charge in [-0.2, -0.15) is 13.2 Å². The maximum absolute atomic E-state index is 12.8. The molecule has 0 bridgehead atoms. The Labute approximate surface area is 147 Å². The van der Waals surface area contributed by atoms with Gasteiger partial charge in [-0.1, -0.05) is 0 Å². The van der Waals surface area contributed by atoms with Gasteiger partial charge in [0.1, 0.15) is 5.82 Å². The van der Waals surface area contributed by atoms with E-state index in [1.807, 2.05) is 0 Å². The molecule has 1 N–H and O–H groups in total. The lowest BCUT2D eigenvalue weighted by atomic mass is 10.2. The molecule has 2 aromatic rings. The lowest BCUT2D eigenvalue weighted by molar-refractivity contribution is -0.137. The van der Waals surface area contributed by atoms with Crippen LogP contribution in [-0.2, 0) is 15.8 Å². The Morgan fingerprint density at radius 3 is 2.08 bits per heavy atom. The standard InChI is InChI=1S/C18H16F4N2O2/c1-12(25)24(16-8-2-13(3-9-16)18(20,21)22)11-10-17(26)23-15-6-4-14(19)5-7-15/h2-9H,10-11H2,1H3,(H,23,26). The van der Waals surface area contributed by atoms with Crippen molar-refractivity contribution in [2.24, 2.45) is 0 Å². The predicted molar refractivity (Wildman–Crippen MR) is 89.1 cm³/mol. The second-order valence-electron chi connectivity index (χ2n) is 5.52. The summed E-state index contributed by atoms with van der Waals surface area (Å²) in [4.78, 5) is 24.9. The largest absolute Gasteiger partial charge is 0.416 e. The van der Waals surface area contributed by atoms with Crippen LogP contribution in [0, 0.1) is 5.82 Å². The molecular formula is C18H16F4N2O2. The molecule has 0 aliphatic carbocycles. The number of nitrogens with one attached hydrogen (secondary N) is 1. The Hall–Kier alpha value is -2.90. The van der Waals surface area contributed by atoms with E-state index in [0.29, 0.717) is 5.69 Å². The van der Waals surface area contributed by atoms with E-state index in [1.54, 1.807) is 0 Å². The molecule has 0 aromatic heterocycles. The summed E-state index contributed by atoms with van der Waals surface area (Å²) in [5.74, 6) is -1.25. The van der Waals surface area contributed by atoms with Crippen LogP contribution in [0.25, 0.3) is 0 Å². The first-order valence-electron chi connectivity index (χ1n) is 7.67. The van der Waals surface area contributed by atoms with Crippen molar-refractivity contribution in [2.75, 3.05) is 16.8 Å². The van der Waals surface area contributed by atoms with Crippen LogP contribution < -0.4 is 10.2 Å². The Balaban J connectivity index is 2.00. The number of rotatable bonds is 5. The number of hydrogen-bond acceptors (Lipinski definition) is 2. The number of amides is 2. The zero-order valence-corrected chi connectivity index (χ0v) is 13.8. The Kier molecular flexibility index (Phi) is 5.97. The molecule has 0 radical (unpaired) electrons. The first-order chi connectivity index (χ1) is 12.2. The number of hydrogen-bond donors (Lipinski definition) is 1. The molecule has 0 unspecified atom stereocenters. The Morgan fingerprint density at radius 2 is 1.58 bits per heavy atom. The summed E-state index contributed by atoms with van der Waals surface area (Å²) in [5.41, 5.74) is -0.154. The highest BCUT2D eigenvalue weighted by Gasteiger charge is 2.30. The van der Waals surface area contributed by atoms with Gasteiger partial charge < -0.3 is 10.2 Å². The zero-order valence-electron chi connectivity index (χ0n) is 13.8. The SMILES string of the molecule is CC(=O)N(CCC(=O)Nc1ccc(F)cc1)c1ccc(C(F)(F)F)cc1. The summed E-state index contributed by atoms with van der Waals surface area (Å²) in [6.45, 7) is 1.25. The lowest BCUT2D eigenvalue weighted by Gasteiger charge is -2.21. The summed E-state index contributed by atoms with van der Waals surface area (Å²) in [5, 5.41) is 2.55. The Morgan fingerprint density at radius 1 is 1.00 bits per heavy atom. The molecule has 0 fully saturated rings. The van der Waals surface area contributed by atoms with Crippen molar-refractivity contribution < 1.29 is 27.2 Å². The molecule has 0 aliphatic rings. The van der Waals surface area contributed by atoms with Crippen molar-refractivity contribution in [3.63, 3.8) is 0 Å². The van der Waals surface area contributed by atoms with Crippen LogP contribution in [0.15, 0.2) is 48.5 Å². The monoisotopic (exact) mass is 368 g/mol. The van der Waals surface area contributed by atoms with E-state index in [2.05, 4.69) is 5.32 Å². The molecule has 4 nitrogen and oxygen atoms in total. The summed E-state index contributed by atoms with van der Waals surface area (Å²) in [6, 6.07) is 9.30. The number of nitrogens with zero attached hydrogens (tertiary/aromatic N) is 1. The molecule has 0 spiro atoms. The maximum Gasteiger partial charge on any atom is 0.416 e. The first kappa shape index (κ1) is 19.4. The minimum absolute atomic E-state index is 0.00622. The molecule has 0 heterocycles. The van der Waals surface area contributed by atoms with Crippen molar-refractivity contribution in [3.8, 4) is 0 Å². The molecule has 2 rings (SSSR count). The van der Waals surface area contributed by atoms with E-state index in [0.717, 1.165) is 12.1 Å². The third-order valence-corrected chi connectivity index (χ3v) is 3.58. The van der Waals surface area contributed by atoms with Gasteiger partial charge in [0, 0.05) is 31.3 Å². The minimum Gasteiger partial charge on any atom is -0.326 e. The van der Waals surface area contributed by atoms with Crippen LogP contribution in [-0.4, -0.2) is 18.4 Å². The van der Waals surface area contributed by atoms with Crippen LogP contribution in [0.3, 0.4) is 0 Å². The average Bonchev–Trinajstić information content (AvgIpc) is 2.56. The number of carbonyl (C=O) groups is 2. The molecule has 26 heavy (non-hydrogen) atoms. The fourth-order valence-corrected chi connectivity index (χ4v) is 2.27. The van der Waals surface area contributed by atoms with Crippen LogP contribution in [0.1, 0.15) is 18.9 Å². The highest BCUT2D eigenvalue weighted by Crippen LogP contribution is 2.30. The van der Waals surface area contributed by atoms with Gasteiger partial charge in [-0.25, -0.2) is 4.39 Å². The summed E-state index contributed by atoms with van der Waals surface area (Å²) in [6.07, 6.45) is -4.54. The third kappa shape index (κ3) is 5.30. The van der Waals surface area contributed by atoms with E-state index in [1.165, 1.54) is 48.2 Å². The predicted octanol–water partition coefficient (Wildman–Crippen LogP) is 4.23. The number of alkyl halides is 3. The van der Waals surface area contributed by atoms with E-state index < -0.39 is 29.4 Å². The summed E-state index contributed by atoms with van der Waals surface area (Å²) < 4.78 is 50.7. The van der Waals surface area contributed by atoms with Gasteiger partial charge in [0.15, 0.2) is 0 Å². The molecule has 0 atom stereocenters. The molecule has 0 saturated carbocycles. The second kappa shape index (κ2) is 7.99. The van der Waals surface area contributed by atoms with Crippen LogP contribution in [0.2, 0.25) is 0 Å². The van der Waals surface area contributed by atoms with Crippen LogP contribution in [0.4, 0.5) is 28.9 Å². The first-order valence-corrected chi connectivity index (χ1v) is 7.67. The average molecular weight is 368 g/mol. The highest BCUT2D eigenvalue weighted by molar-refractivity contribution is 5.94. The smallest absolute Gasteiger partial charge is 0.326 e. The van der Waals surface area contributed by atoms with Crippen LogP contribution in [0.5, 0.6) is 0 Å². The highest BCUT2D eigenvalue weighted by atomic mass is 19.4. The van der Waals surface area contributed by atoms with Crippen LogP contribution >= 0.6 is 0 Å². The number of anilines is 2. The fraction of sp³-hybridized carbons (Fsp3) is 0.222. The number of carbonyl (C=O) groups excluding carboxylic acids is 2. The molecule has 2 amide bonds. The van der Waals surface area contributed by atoms with E-state index in [9.17, 15) is 27.2 Å². The van der Waals surface area contributed by atoms with Gasteiger partial charge in [-0.3, -0.25) is 9.59 Å². The van der Waals surface area contributed by atoms with Crippen molar-refractivity contribution in [1.29, 1.82) is 0 Å². The van der Waals surface area contributed by atoms with Crippen molar-refractivity contribution in [2.45, 2.75) is 19.5 Å². The van der Waals surface area contributed by atoms with Crippen molar-refractivity contribution >= 4 is 23.2 Å². The zero-order chi connectivity index (χ0) is 19.3. The summed E-state index contributed by atoms with van der Waals surface area (Å²) in [7, 11) is 0. The van der Waals surface area contributed by atoms with E-state index >= 15 is 0 Å². The van der Waals surface area contributed by atoms with Gasteiger partial charge in [-0.05, 0) is 48.5 Å². The van der Waals surface area contributed by atoms with E-state index in [-0.39, 0.29) is 18.7 Å². The van der Waals surface area contributed by atoms with Crippen molar-refractivity contribution in [1.82, 2.24) is 0 Å². The Bertz CT molecular complexity index is 771. The number of benzene rings is 2. The van der Waals surface area contributed by atoms with Gasteiger partial charge in [0.25, 0.3) is 0 Å². The lowest BCUT2D eigenvalue weighted by Crippen LogP contribution is -2.32. The topological polar surface area (TPSA) is 49.4 Å². The molecule has 0 aliphatic heterocycles. The van der Waals surface area contributed by atoms with Gasteiger partial charge in [-0.15, -0.1) is 0 Å². The quantitative estimate of drug-likeness (QED) is 0.803. The molecule has 2 aromatic carbocycles. The molecular weight excluding hydrogens is 352 g/mol. The normalized spacial score (nSPS) is 11.1. The van der Waals surface area contributed by atoms with Crippen molar-refractivity contribution in [3.05, 3.63) is 59.9 Å². The molecule has 138 valence electrons. The molecule has 8 heteroatoms. The molecule has 0 saturated heterocycles. The minimum atomic E-state index is -4.46. The summed E-state index contributed by atoms with van der Waals surface area (Å²) >= 11 is 0.